The van der Waals surface area contributed by atoms with Crippen LogP contribution in [0.15, 0.2) is 12.1 Å². The molecule has 0 amide bonds. The molecule has 0 radical (unpaired) electrons. The van der Waals surface area contributed by atoms with Crippen LogP contribution in [0.3, 0.4) is 0 Å². The average Bonchev–Trinajstić information content (AvgIpc) is 2.99. The van der Waals surface area contributed by atoms with Gasteiger partial charge in [0.05, 0.1) is 24.3 Å². The van der Waals surface area contributed by atoms with Gasteiger partial charge in [-0.1, -0.05) is 11.6 Å². The lowest BCUT2D eigenvalue weighted by atomic mass is 10.1. The first-order valence-electron chi connectivity index (χ1n) is 7.69. The number of aromatic nitrogens is 3. The third kappa shape index (κ3) is 3.97. The first-order valence-corrected chi connectivity index (χ1v) is 8.06. The normalized spacial score (nSPS) is 10.8. The SMILES string of the molecule is CCOC(=O)c1n[nH]nc1-c1cc(OCC)c(OC(C)C)cc1Cl. The summed E-state index contributed by atoms with van der Waals surface area (Å²) in [4.78, 5) is 12.0. The molecule has 0 spiro atoms. The number of halogens is 1. The Kier molecular flexibility index (Phi) is 6.03. The summed E-state index contributed by atoms with van der Waals surface area (Å²) in [5, 5.41) is 10.7. The number of H-pyrrole nitrogens is 1. The number of carbonyl (C=O) groups is 1. The Balaban J connectivity index is 2.50. The van der Waals surface area contributed by atoms with E-state index in [9.17, 15) is 4.79 Å². The monoisotopic (exact) mass is 353 g/mol. The van der Waals surface area contributed by atoms with Gasteiger partial charge in [0.15, 0.2) is 17.2 Å². The summed E-state index contributed by atoms with van der Waals surface area (Å²) in [5.74, 6) is 0.475. The number of benzene rings is 1. The van der Waals surface area contributed by atoms with Crippen molar-refractivity contribution >= 4 is 17.6 Å². The Bertz CT molecular complexity index is 715. The smallest absolute Gasteiger partial charge is 0.361 e. The number of rotatable bonds is 7. The largest absolute Gasteiger partial charge is 0.490 e. The summed E-state index contributed by atoms with van der Waals surface area (Å²) >= 11 is 6.36. The maximum Gasteiger partial charge on any atom is 0.361 e. The van der Waals surface area contributed by atoms with E-state index >= 15 is 0 Å². The van der Waals surface area contributed by atoms with Crippen LogP contribution in [0, 0.1) is 0 Å². The molecule has 0 saturated heterocycles. The highest BCUT2D eigenvalue weighted by molar-refractivity contribution is 6.33. The van der Waals surface area contributed by atoms with Gasteiger partial charge in [0.2, 0.25) is 0 Å². The molecule has 0 fully saturated rings. The number of ether oxygens (including phenoxy) is 3. The highest BCUT2D eigenvalue weighted by atomic mass is 35.5. The Morgan fingerprint density at radius 2 is 1.96 bits per heavy atom. The number of esters is 1. The maximum atomic E-state index is 12.0. The Hall–Kier alpha value is -2.28. The first kappa shape index (κ1) is 18.1. The van der Waals surface area contributed by atoms with Crippen molar-refractivity contribution in [2.75, 3.05) is 13.2 Å². The predicted octanol–water partition coefficient (Wildman–Crippen LogP) is 3.49. The van der Waals surface area contributed by atoms with Crippen LogP contribution in [-0.4, -0.2) is 40.7 Å². The predicted molar refractivity (Wildman–Crippen MR) is 89.7 cm³/mol. The number of aromatic amines is 1. The van der Waals surface area contributed by atoms with E-state index in [1.54, 1.807) is 19.1 Å². The van der Waals surface area contributed by atoms with Crippen molar-refractivity contribution in [3.05, 3.63) is 22.8 Å². The highest BCUT2D eigenvalue weighted by Gasteiger charge is 2.23. The molecule has 0 atom stereocenters. The van der Waals surface area contributed by atoms with E-state index in [1.165, 1.54) is 0 Å². The second-order valence-electron chi connectivity index (χ2n) is 5.12. The van der Waals surface area contributed by atoms with Crippen molar-refractivity contribution in [2.45, 2.75) is 33.8 Å². The van der Waals surface area contributed by atoms with Crippen LogP contribution < -0.4 is 9.47 Å². The topological polar surface area (TPSA) is 86.3 Å². The van der Waals surface area contributed by atoms with Crippen molar-refractivity contribution in [2.24, 2.45) is 0 Å². The van der Waals surface area contributed by atoms with E-state index in [2.05, 4.69) is 15.4 Å². The number of nitrogens with one attached hydrogen (secondary N) is 1. The zero-order valence-electron chi connectivity index (χ0n) is 14.1. The molecule has 2 rings (SSSR count). The molecular weight excluding hydrogens is 334 g/mol. The van der Waals surface area contributed by atoms with Gasteiger partial charge in [-0.2, -0.15) is 10.3 Å². The van der Waals surface area contributed by atoms with E-state index in [1.807, 2.05) is 20.8 Å². The average molecular weight is 354 g/mol. The summed E-state index contributed by atoms with van der Waals surface area (Å²) in [6, 6.07) is 3.33. The van der Waals surface area contributed by atoms with E-state index < -0.39 is 5.97 Å². The van der Waals surface area contributed by atoms with E-state index in [0.29, 0.717) is 34.4 Å². The second kappa shape index (κ2) is 8.01. The molecule has 24 heavy (non-hydrogen) atoms. The Morgan fingerprint density at radius 3 is 2.58 bits per heavy atom. The van der Waals surface area contributed by atoms with Crippen molar-refractivity contribution < 1.29 is 19.0 Å². The molecule has 130 valence electrons. The van der Waals surface area contributed by atoms with Gasteiger partial charge >= 0.3 is 5.97 Å². The zero-order chi connectivity index (χ0) is 17.7. The molecule has 1 N–H and O–H groups in total. The van der Waals surface area contributed by atoms with Gasteiger partial charge in [0, 0.05) is 11.6 Å². The van der Waals surface area contributed by atoms with Crippen LogP contribution in [0.4, 0.5) is 0 Å². The van der Waals surface area contributed by atoms with Crippen LogP contribution >= 0.6 is 11.6 Å². The second-order valence-corrected chi connectivity index (χ2v) is 5.53. The minimum atomic E-state index is -0.571. The molecular formula is C16H20ClN3O4. The van der Waals surface area contributed by atoms with Crippen molar-refractivity contribution in [3.63, 3.8) is 0 Å². The molecule has 0 aliphatic carbocycles. The van der Waals surface area contributed by atoms with Gasteiger partial charge in [-0.15, -0.1) is 5.10 Å². The van der Waals surface area contributed by atoms with Crippen LogP contribution in [0.25, 0.3) is 11.3 Å². The van der Waals surface area contributed by atoms with Gasteiger partial charge in [-0.3, -0.25) is 0 Å². The molecule has 8 heteroatoms. The lowest BCUT2D eigenvalue weighted by Gasteiger charge is -2.16. The summed E-state index contributed by atoms with van der Waals surface area (Å²) < 4.78 is 16.3. The molecule has 1 aromatic carbocycles. The van der Waals surface area contributed by atoms with Crippen LogP contribution in [-0.2, 0) is 4.74 Å². The van der Waals surface area contributed by atoms with Crippen LogP contribution in [0.1, 0.15) is 38.2 Å². The molecule has 0 aliphatic rings. The van der Waals surface area contributed by atoms with Crippen LogP contribution in [0.2, 0.25) is 5.02 Å². The third-order valence-corrected chi connectivity index (χ3v) is 3.28. The fraction of sp³-hybridized carbons (Fsp3) is 0.438. The lowest BCUT2D eigenvalue weighted by Crippen LogP contribution is -2.08. The number of hydrogen-bond acceptors (Lipinski definition) is 6. The fourth-order valence-corrected chi connectivity index (χ4v) is 2.33. The van der Waals surface area contributed by atoms with E-state index in [4.69, 9.17) is 25.8 Å². The molecule has 7 nitrogen and oxygen atoms in total. The molecule has 0 unspecified atom stereocenters. The number of nitrogens with zero attached hydrogens (tertiary/aromatic N) is 2. The van der Waals surface area contributed by atoms with E-state index in [0.717, 1.165) is 0 Å². The molecule has 0 saturated carbocycles. The summed E-state index contributed by atoms with van der Waals surface area (Å²) in [6.45, 7) is 8.11. The molecule has 0 bridgehead atoms. The van der Waals surface area contributed by atoms with Gasteiger partial charge in [0.25, 0.3) is 0 Å². The van der Waals surface area contributed by atoms with Crippen molar-refractivity contribution in [1.29, 1.82) is 0 Å². The van der Waals surface area contributed by atoms with Crippen molar-refractivity contribution in [3.8, 4) is 22.8 Å². The third-order valence-electron chi connectivity index (χ3n) is 2.97. The molecule has 1 aromatic heterocycles. The van der Waals surface area contributed by atoms with E-state index in [-0.39, 0.29) is 18.4 Å². The minimum Gasteiger partial charge on any atom is -0.490 e. The maximum absolute atomic E-state index is 12.0. The van der Waals surface area contributed by atoms with Gasteiger partial charge in [0.1, 0.15) is 5.69 Å². The molecule has 1 heterocycles. The summed E-state index contributed by atoms with van der Waals surface area (Å²) in [7, 11) is 0. The lowest BCUT2D eigenvalue weighted by molar-refractivity contribution is 0.0520. The minimum absolute atomic E-state index is 0.0340. The summed E-state index contributed by atoms with van der Waals surface area (Å²) in [6.07, 6.45) is -0.0340. The zero-order valence-corrected chi connectivity index (χ0v) is 14.8. The molecule has 0 aliphatic heterocycles. The molecule has 2 aromatic rings. The van der Waals surface area contributed by atoms with Gasteiger partial charge in [-0.25, -0.2) is 4.79 Å². The number of hydrogen-bond donors (Lipinski definition) is 1. The fourth-order valence-electron chi connectivity index (χ4n) is 2.09. The van der Waals surface area contributed by atoms with Crippen molar-refractivity contribution in [1.82, 2.24) is 15.4 Å². The van der Waals surface area contributed by atoms with Crippen LogP contribution in [0.5, 0.6) is 11.5 Å². The number of carbonyl (C=O) groups excluding carboxylic acids is 1. The van der Waals surface area contributed by atoms with Gasteiger partial charge in [-0.05, 0) is 33.8 Å². The Morgan fingerprint density at radius 1 is 1.21 bits per heavy atom. The van der Waals surface area contributed by atoms with Gasteiger partial charge < -0.3 is 14.2 Å². The standard InChI is InChI=1S/C16H20ClN3O4/c1-5-22-12-7-10(11(17)8-13(12)24-9(3)4)14-15(19-20-18-14)16(21)23-6-2/h7-9H,5-6H2,1-4H3,(H,18,19,20). The quantitative estimate of drug-likeness (QED) is 0.767. The summed E-state index contributed by atoms with van der Waals surface area (Å²) in [5.41, 5.74) is 0.877. The first-order chi connectivity index (χ1) is 11.5. The highest BCUT2D eigenvalue weighted by Crippen LogP contribution is 2.39. The Labute approximate surface area is 145 Å².